The highest BCUT2D eigenvalue weighted by molar-refractivity contribution is 7.91. The van der Waals surface area contributed by atoms with Gasteiger partial charge in [0.15, 0.2) is 0 Å². The van der Waals surface area contributed by atoms with E-state index in [4.69, 9.17) is 5.11 Å². The highest BCUT2D eigenvalue weighted by Gasteiger charge is 2.50. The summed E-state index contributed by atoms with van der Waals surface area (Å²) in [6, 6.07) is 3.14. The number of hydrogen-bond acceptors (Lipinski definition) is 4. The third-order valence-corrected chi connectivity index (χ3v) is 5.47. The fourth-order valence-corrected chi connectivity index (χ4v) is 3.50. The minimum absolute atomic E-state index is 0.0252. The Bertz CT molecular complexity index is 488. The predicted molar refractivity (Wildman–Crippen MR) is 58.8 cm³/mol. The van der Waals surface area contributed by atoms with E-state index in [-0.39, 0.29) is 10.8 Å². The minimum atomic E-state index is -3.54. The zero-order chi connectivity index (χ0) is 11.8. The van der Waals surface area contributed by atoms with Crippen LogP contribution < -0.4 is 4.72 Å². The van der Waals surface area contributed by atoms with E-state index in [0.29, 0.717) is 12.8 Å². The van der Waals surface area contributed by atoms with Crippen LogP contribution in [0.15, 0.2) is 21.7 Å². The number of carbonyl (C=O) groups is 1. The quantitative estimate of drug-likeness (QED) is 0.824. The van der Waals surface area contributed by atoms with E-state index < -0.39 is 21.4 Å². The molecule has 1 heterocycles. The van der Waals surface area contributed by atoms with Crippen molar-refractivity contribution in [3.8, 4) is 0 Å². The average molecular weight is 261 g/mol. The highest BCUT2D eigenvalue weighted by Crippen LogP contribution is 2.45. The molecule has 1 aromatic rings. The molecule has 2 rings (SSSR count). The van der Waals surface area contributed by atoms with Gasteiger partial charge < -0.3 is 5.11 Å². The molecule has 16 heavy (non-hydrogen) atoms. The van der Waals surface area contributed by atoms with Crippen LogP contribution in [0, 0.1) is 5.41 Å². The number of thiophene rings is 1. The van der Waals surface area contributed by atoms with Crippen LogP contribution in [-0.4, -0.2) is 26.0 Å². The molecular formula is C9H11NO4S2. The molecule has 0 atom stereocenters. The Morgan fingerprint density at radius 3 is 2.69 bits per heavy atom. The summed E-state index contributed by atoms with van der Waals surface area (Å²) >= 11 is 1.11. The lowest BCUT2D eigenvalue weighted by Crippen LogP contribution is -2.33. The van der Waals surface area contributed by atoms with Crippen LogP contribution in [0.2, 0.25) is 0 Å². The van der Waals surface area contributed by atoms with Gasteiger partial charge in [-0.25, -0.2) is 13.1 Å². The molecule has 0 unspecified atom stereocenters. The summed E-state index contributed by atoms with van der Waals surface area (Å²) in [6.07, 6.45) is 1.07. The summed E-state index contributed by atoms with van der Waals surface area (Å²) in [5.74, 6) is -0.929. The van der Waals surface area contributed by atoms with E-state index in [1.165, 1.54) is 6.07 Å². The zero-order valence-electron chi connectivity index (χ0n) is 8.34. The second-order valence-electron chi connectivity index (χ2n) is 3.84. The zero-order valence-corrected chi connectivity index (χ0v) is 9.97. The number of carboxylic acid groups (broad SMARTS) is 1. The summed E-state index contributed by atoms with van der Waals surface area (Å²) in [6.45, 7) is -0.0252. The van der Waals surface area contributed by atoms with Gasteiger partial charge in [0.25, 0.3) is 0 Å². The first-order valence-corrected chi connectivity index (χ1v) is 7.09. The second-order valence-corrected chi connectivity index (χ2v) is 6.78. The number of aliphatic carboxylic acids is 1. The molecule has 1 aromatic heterocycles. The number of rotatable bonds is 5. The summed E-state index contributed by atoms with van der Waals surface area (Å²) in [7, 11) is -3.54. The molecule has 0 radical (unpaired) electrons. The van der Waals surface area contributed by atoms with Crippen molar-refractivity contribution in [1.82, 2.24) is 4.72 Å². The van der Waals surface area contributed by atoms with Crippen LogP contribution in [0.4, 0.5) is 0 Å². The van der Waals surface area contributed by atoms with Crippen molar-refractivity contribution in [3.63, 3.8) is 0 Å². The van der Waals surface area contributed by atoms with E-state index >= 15 is 0 Å². The van der Waals surface area contributed by atoms with Gasteiger partial charge in [-0.05, 0) is 24.3 Å². The van der Waals surface area contributed by atoms with Gasteiger partial charge in [0.2, 0.25) is 10.0 Å². The molecule has 1 aliphatic carbocycles. The lowest BCUT2D eigenvalue weighted by Gasteiger charge is -2.10. The van der Waals surface area contributed by atoms with Crippen molar-refractivity contribution < 1.29 is 18.3 Å². The Morgan fingerprint density at radius 1 is 1.56 bits per heavy atom. The highest BCUT2D eigenvalue weighted by atomic mass is 32.2. The van der Waals surface area contributed by atoms with Crippen molar-refractivity contribution in [3.05, 3.63) is 17.5 Å². The molecule has 0 saturated heterocycles. The summed E-state index contributed by atoms with van der Waals surface area (Å²) < 4.78 is 26.0. The number of sulfonamides is 1. The topological polar surface area (TPSA) is 83.5 Å². The standard InChI is InChI=1S/C9H11NO4S2/c11-8(12)9(3-4-9)6-10-16(13,14)7-2-1-5-15-7/h1-2,5,10H,3-4,6H2,(H,11,12). The molecule has 0 bridgehead atoms. The monoisotopic (exact) mass is 261 g/mol. The summed E-state index contributed by atoms with van der Waals surface area (Å²) in [4.78, 5) is 10.9. The number of carboxylic acids is 1. The Morgan fingerprint density at radius 2 is 2.25 bits per heavy atom. The number of nitrogens with one attached hydrogen (secondary N) is 1. The van der Waals surface area contributed by atoms with E-state index in [1.807, 2.05) is 0 Å². The molecule has 0 aliphatic heterocycles. The molecule has 1 aliphatic rings. The van der Waals surface area contributed by atoms with Gasteiger partial charge in [-0.1, -0.05) is 6.07 Å². The summed E-state index contributed by atoms with van der Waals surface area (Å²) in [5.41, 5.74) is -0.871. The van der Waals surface area contributed by atoms with Gasteiger partial charge in [0.05, 0.1) is 5.41 Å². The van der Waals surface area contributed by atoms with Crippen LogP contribution in [-0.2, 0) is 14.8 Å². The fraction of sp³-hybridized carbons (Fsp3) is 0.444. The van der Waals surface area contributed by atoms with Crippen LogP contribution in [0.25, 0.3) is 0 Å². The van der Waals surface area contributed by atoms with E-state index in [1.54, 1.807) is 11.4 Å². The first-order chi connectivity index (χ1) is 7.46. The molecule has 2 N–H and O–H groups in total. The molecule has 1 fully saturated rings. The maximum Gasteiger partial charge on any atom is 0.310 e. The largest absolute Gasteiger partial charge is 0.481 e. The van der Waals surface area contributed by atoms with Gasteiger partial charge in [0.1, 0.15) is 4.21 Å². The van der Waals surface area contributed by atoms with Gasteiger partial charge in [-0.3, -0.25) is 4.79 Å². The van der Waals surface area contributed by atoms with Gasteiger partial charge in [-0.2, -0.15) is 0 Å². The molecule has 5 nitrogen and oxygen atoms in total. The van der Waals surface area contributed by atoms with E-state index in [0.717, 1.165) is 11.3 Å². The van der Waals surface area contributed by atoms with Crippen molar-refractivity contribution in [2.24, 2.45) is 5.41 Å². The van der Waals surface area contributed by atoms with Crippen LogP contribution in [0.1, 0.15) is 12.8 Å². The van der Waals surface area contributed by atoms with Crippen LogP contribution in [0.5, 0.6) is 0 Å². The molecule has 0 spiro atoms. The summed E-state index contributed by atoms with van der Waals surface area (Å²) in [5, 5.41) is 10.6. The predicted octanol–water partition coefficient (Wildman–Crippen LogP) is 0.891. The first-order valence-electron chi connectivity index (χ1n) is 4.73. The van der Waals surface area contributed by atoms with Crippen molar-refractivity contribution >= 4 is 27.3 Å². The van der Waals surface area contributed by atoms with Crippen molar-refractivity contribution in [2.75, 3.05) is 6.54 Å². The average Bonchev–Trinajstić information content (AvgIpc) is 2.80. The Balaban J connectivity index is 2.04. The first kappa shape index (κ1) is 11.6. The Labute approximate surface area is 97.2 Å². The smallest absolute Gasteiger partial charge is 0.310 e. The van der Waals surface area contributed by atoms with Gasteiger partial charge >= 0.3 is 5.97 Å². The maximum atomic E-state index is 11.7. The SMILES string of the molecule is O=C(O)C1(CNS(=O)(=O)c2cccs2)CC1. The lowest BCUT2D eigenvalue weighted by molar-refractivity contribution is -0.142. The molecule has 88 valence electrons. The minimum Gasteiger partial charge on any atom is -0.481 e. The molecular weight excluding hydrogens is 250 g/mol. The van der Waals surface area contributed by atoms with Crippen LogP contribution in [0.3, 0.4) is 0 Å². The maximum absolute atomic E-state index is 11.7. The third kappa shape index (κ3) is 2.11. The lowest BCUT2D eigenvalue weighted by atomic mass is 10.1. The fourth-order valence-electron chi connectivity index (χ4n) is 1.34. The Kier molecular flexibility index (Phi) is 2.77. The molecule has 0 amide bonds. The number of hydrogen-bond donors (Lipinski definition) is 2. The van der Waals surface area contributed by atoms with E-state index in [9.17, 15) is 13.2 Å². The molecule has 7 heteroatoms. The van der Waals surface area contributed by atoms with Crippen LogP contribution >= 0.6 is 11.3 Å². The second kappa shape index (κ2) is 3.83. The Hall–Kier alpha value is -0.920. The van der Waals surface area contributed by atoms with Gasteiger partial charge in [0, 0.05) is 6.54 Å². The van der Waals surface area contributed by atoms with Crippen molar-refractivity contribution in [1.29, 1.82) is 0 Å². The normalized spacial score (nSPS) is 18.2. The van der Waals surface area contributed by atoms with E-state index in [2.05, 4.69) is 4.72 Å². The van der Waals surface area contributed by atoms with Gasteiger partial charge in [-0.15, -0.1) is 11.3 Å². The third-order valence-electron chi connectivity index (χ3n) is 2.67. The van der Waals surface area contributed by atoms with Crippen molar-refractivity contribution in [2.45, 2.75) is 17.1 Å². The molecule has 0 aromatic carbocycles. The molecule has 1 saturated carbocycles.